The lowest BCUT2D eigenvalue weighted by molar-refractivity contribution is 0.637. The Morgan fingerprint density at radius 2 is 2.12 bits per heavy atom. The van der Waals surface area contributed by atoms with Gasteiger partial charge in [-0.15, -0.1) is 11.3 Å². The van der Waals surface area contributed by atoms with Crippen LogP contribution in [0.25, 0.3) is 0 Å². The molecule has 1 unspecified atom stereocenters. The van der Waals surface area contributed by atoms with Crippen LogP contribution in [0.4, 0.5) is 0 Å². The molecule has 0 bridgehead atoms. The highest BCUT2D eigenvalue weighted by Gasteiger charge is 2.16. The van der Waals surface area contributed by atoms with E-state index < -0.39 is 0 Å². The van der Waals surface area contributed by atoms with Crippen molar-refractivity contribution in [3.8, 4) is 0 Å². The molecule has 0 radical (unpaired) electrons. The molecule has 1 nitrogen and oxygen atoms in total. The van der Waals surface area contributed by atoms with Crippen molar-refractivity contribution in [3.63, 3.8) is 0 Å². The van der Waals surface area contributed by atoms with Gasteiger partial charge in [0.2, 0.25) is 0 Å². The number of thiophene rings is 1. The third-order valence-corrected chi connectivity index (χ3v) is 4.20. The number of nitrogens with one attached hydrogen (secondary N) is 1. The van der Waals surface area contributed by atoms with Crippen molar-refractivity contribution in [2.45, 2.75) is 19.9 Å². The first kappa shape index (κ1) is 12.6. The molecule has 0 spiro atoms. The largest absolute Gasteiger partial charge is 0.306 e. The van der Waals surface area contributed by atoms with Gasteiger partial charge in [0.1, 0.15) is 0 Å². The molecule has 1 aromatic heterocycles. The van der Waals surface area contributed by atoms with Gasteiger partial charge in [0.05, 0.1) is 6.04 Å². The molecule has 2 aromatic rings. The van der Waals surface area contributed by atoms with Crippen LogP contribution in [0.2, 0.25) is 5.02 Å². The van der Waals surface area contributed by atoms with Gasteiger partial charge >= 0.3 is 0 Å². The number of halogens is 1. The van der Waals surface area contributed by atoms with Gasteiger partial charge in [0, 0.05) is 9.90 Å². The minimum atomic E-state index is 0.249. The summed E-state index contributed by atoms with van der Waals surface area (Å²) >= 11 is 7.97. The molecule has 1 atom stereocenters. The maximum atomic E-state index is 6.20. The zero-order valence-electron chi connectivity index (χ0n) is 10.0. The van der Waals surface area contributed by atoms with E-state index in [0.717, 1.165) is 17.1 Å². The average Bonchev–Trinajstić information content (AvgIpc) is 2.84. The van der Waals surface area contributed by atoms with Crippen LogP contribution in [-0.4, -0.2) is 6.54 Å². The highest BCUT2D eigenvalue weighted by Crippen LogP contribution is 2.30. The third-order valence-electron chi connectivity index (χ3n) is 2.86. The van der Waals surface area contributed by atoms with Crippen molar-refractivity contribution in [2.75, 3.05) is 6.54 Å². The molecule has 0 amide bonds. The minimum Gasteiger partial charge on any atom is -0.306 e. The van der Waals surface area contributed by atoms with Crippen LogP contribution in [0.5, 0.6) is 0 Å². The molecule has 0 aliphatic carbocycles. The second kappa shape index (κ2) is 5.67. The Kier molecular flexibility index (Phi) is 4.21. The molecule has 0 saturated heterocycles. The van der Waals surface area contributed by atoms with Crippen LogP contribution in [0, 0.1) is 6.92 Å². The highest BCUT2D eigenvalue weighted by molar-refractivity contribution is 7.10. The lowest BCUT2D eigenvalue weighted by Gasteiger charge is -2.19. The fraction of sp³-hybridized carbons (Fsp3) is 0.286. The molecule has 0 fully saturated rings. The molecule has 90 valence electrons. The number of hydrogen-bond acceptors (Lipinski definition) is 2. The molecular formula is C14H16ClNS. The Bertz CT molecular complexity index is 479. The second-order valence-electron chi connectivity index (χ2n) is 3.96. The summed E-state index contributed by atoms with van der Waals surface area (Å²) in [5.41, 5.74) is 2.43. The average molecular weight is 266 g/mol. The van der Waals surface area contributed by atoms with Gasteiger partial charge < -0.3 is 5.32 Å². The molecule has 0 aliphatic heterocycles. The van der Waals surface area contributed by atoms with Gasteiger partial charge in [0.15, 0.2) is 0 Å². The van der Waals surface area contributed by atoms with E-state index in [1.807, 2.05) is 12.1 Å². The Balaban J connectivity index is 2.43. The summed E-state index contributed by atoms with van der Waals surface area (Å²) in [5.74, 6) is 0. The zero-order chi connectivity index (χ0) is 12.3. The van der Waals surface area contributed by atoms with Crippen LogP contribution in [0.3, 0.4) is 0 Å². The van der Waals surface area contributed by atoms with Crippen molar-refractivity contribution in [1.29, 1.82) is 0 Å². The highest BCUT2D eigenvalue weighted by atomic mass is 35.5. The lowest BCUT2D eigenvalue weighted by atomic mass is 10.00. The molecular weight excluding hydrogens is 250 g/mol. The lowest BCUT2D eigenvalue weighted by Crippen LogP contribution is -2.21. The van der Waals surface area contributed by atoms with E-state index >= 15 is 0 Å². The molecule has 1 N–H and O–H groups in total. The standard InChI is InChI=1S/C14H16ClNS/c1-3-16-14(13-8-5-9-17-13)11-6-4-7-12(15)10(11)2/h4-9,14,16H,3H2,1-2H3. The Hall–Kier alpha value is -0.830. The minimum absolute atomic E-state index is 0.249. The molecule has 0 saturated carbocycles. The van der Waals surface area contributed by atoms with Crippen molar-refractivity contribution in [3.05, 3.63) is 56.7 Å². The van der Waals surface area contributed by atoms with Crippen molar-refractivity contribution in [1.82, 2.24) is 5.32 Å². The molecule has 1 aromatic carbocycles. The van der Waals surface area contributed by atoms with E-state index in [2.05, 4.69) is 42.7 Å². The second-order valence-corrected chi connectivity index (χ2v) is 5.35. The predicted molar refractivity (Wildman–Crippen MR) is 76.0 cm³/mol. The van der Waals surface area contributed by atoms with Gasteiger partial charge in [-0.3, -0.25) is 0 Å². The normalized spacial score (nSPS) is 12.6. The van der Waals surface area contributed by atoms with Gasteiger partial charge in [-0.05, 0) is 42.1 Å². The number of hydrogen-bond donors (Lipinski definition) is 1. The van der Waals surface area contributed by atoms with Crippen LogP contribution in [0.1, 0.15) is 29.0 Å². The maximum absolute atomic E-state index is 6.20. The van der Waals surface area contributed by atoms with Crippen molar-refractivity contribution >= 4 is 22.9 Å². The van der Waals surface area contributed by atoms with E-state index in [1.165, 1.54) is 10.4 Å². The Morgan fingerprint density at radius 3 is 2.76 bits per heavy atom. The van der Waals surface area contributed by atoms with Gasteiger partial charge in [-0.1, -0.05) is 36.7 Å². The number of rotatable bonds is 4. The first-order chi connectivity index (χ1) is 8.24. The van der Waals surface area contributed by atoms with E-state index in [9.17, 15) is 0 Å². The van der Waals surface area contributed by atoms with Gasteiger partial charge in [-0.2, -0.15) is 0 Å². The molecule has 17 heavy (non-hydrogen) atoms. The van der Waals surface area contributed by atoms with Crippen LogP contribution in [-0.2, 0) is 0 Å². The quantitative estimate of drug-likeness (QED) is 0.864. The summed E-state index contributed by atoms with van der Waals surface area (Å²) in [6.07, 6.45) is 0. The SMILES string of the molecule is CCNC(c1cccs1)c1cccc(Cl)c1C. The van der Waals surface area contributed by atoms with E-state index in [4.69, 9.17) is 11.6 Å². The smallest absolute Gasteiger partial charge is 0.0674 e. The first-order valence-electron chi connectivity index (χ1n) is 5.75. The Labute approximate surface area is 111 Å². The summed E-state index contributed by atoms with van der Waals surface area (Å²) in [6, 6.07) is 10.6. The molecule has 1 heterocycles. The molecule has 0 aliphatic rings. The van der Waals surface area contributed by atoms with E-state index in [-0.39, 0.29) is 6.04 Å². The predicted octanol–water partition coefficient (Wildman–Crippen LogP) is 4.41. The monoisotopic (exact) mass is 265 g/mol. The fourth-order valence-corrected chi connectivity index (χ4v) is 2.96. The third kappa shape index (κ3) is 2.71. The van der Waals surface area contributed by atoms with Gasteiger partial charge in [-0.25, -0.2) is 0 Å². The summed E-state index contributed by atoms with van der Waals surface area (Å²) in [4.78, 5) is 1.33. The van der Waals surface area contributed by atoms with E-state index in [0.29, 0.717) is 0 Å². The van der Waals surface area contributed by atoms with Crippen LogP contribution < -0.4 is 5.32 Å². The number of benzene rings is 1. The molecule has 3 heteroatoms. The summed E-state index contributed by atoms with van der Waals surface area (Å²) in [6.45, 7) is 5.14. The Morgan fingerprint density at radius 1 is 1.29 bits per heavy atom. The summed E-state index contributed by atoms with van der Waals surface area (Å²) in [5, 5.41) is 6.47. The molecule has 2 rings (SSSR count). The zero-order valence-corrected chi connectivity index (χ0v) is 11.6. The fourth-order valence-electron chi connectivity index (χ4n) is 1.96. The maximum Gasteiger partial charge on any atom is 0.0674 e. The summed E-state index contributed by atoms with van der Waals surface area (Å²) in [7, 11) is 0. The van der Waals surface area contributed by atoms with Crippen LogP contribution >= 0.6 is 22.9 Å². The van der Waals surface area contributed by atoms with Crippen molar-refractivity contribution < 1.29 is 0 Å². The first-order valence-corrected chi connectivity index (χ1v) is 7.01. The topological polar surface area (TPSA) is 12.0 Å². The van der Waals surface area contributed by atoms with E-state index in [1.54, 1.807) is 11.3 Å². The van der Waals surface area contributed by atoms with Crippen molar-refractivity contribution in [2.24, 2.45) is 0 Å². The summed E-state index contributed by atoms with van der Waals surface area (Å²) < 4.78 is 0. The van der Waals surface area contributed by atoms with Crippen LogP contribution in [0.15, 0.2) is 35.7 Å². The van der Waals surface area contributed by atoms with Gasteiger partial charge in [0.25, 0.3) is 0 Å².